The van der Waals surface area contributed by atoms with Crippen molar-refractivity contribution in [3.63, 3.8) is 0 Å². The van der Waals surface area contributed by atoms with Crippen LogP contribution >= 0.6 is 0 Å². The van der Waals surface area contributed by atoms with E-state index in [1.807, 2.05) is 20.8 Å². The van der Waals surface area contributed by atoms with Crippen LogP contribution in [-0.2, 0) is 19.2 Å². The monoisotopic (exact) mass is 405 g/mol. The maximum absolute atomic E-state index is 13.5. The molecule has 3 fully saturated rings. The zero-order chi connectivity index (χ0) is 21.8. The number of fused-ring (bicyclic) bond motifs is 1. The number of carbonyl (C=O) groups is 4. The predicted molar refractivity (Wildman–Crippen MR) is 109 cm³/mol. The Labute approximate surface area is 173 Å². The summed E-state index contributed by atoms with van der Waals surface area (Å²) in [5, 5.41) is 5.37. The number of rotatable bonds is 6. The smallest absolute Gasteiger partial charge is 0.246 e. The number of likely N-dealkylation sites (tertiary alicyclic amines) is 1. The van der Waals surface area contributed by atoms with Crippen molar-refractivity contribution >= 4 is 24.0 Å². The third-order valence-electron chi connectivity index (χ3n) is 8.26. The number of carbonyl (C=O) groups excluding carboxylic acids is 4. The number of amides is 3. The van der Waals surface area contributed by atoms with Gasteiger partial charge in [-0.05, 0) is 42.4 Å². The molecule has 3 atom stereocenters. The molecule has 3 aliphatic rings. The fourth-order valence-corrected chi connectivity index (χ4v) is 6.32. The molecule has 0 aromatic heterocycles. The average molecular weight is 406 g/mol. The summed E-state index contributed by atoms with van der Waals surface area (Å²) in [4.78, 5) is 50.7. The molecular formula is C22H35N3O4. The molecule has 7 heteroatoms. The van der Waals surface area contributed by atoms with E-state index in [0.717, 1.165) is 12.8 Å². The minimum absolute atomic E-state index is 0.0335. The van der Waals surface area contributed by atoms with Gasteiger partial charge < -0.3 is 15.5 Å². The molecule has 1 heterocycles. The Kier molecular flexibility index (Phi) is 5.11. The van der Waals surface area contributed by atoms with Crippen molar-refractivity contribution in [2.24, 2.45) is 21.7 Å². The van der Waals surface area contributed by atoms with Crippen LogP contribution in [0.15, 0.2) is 0 Å². The van der Waals surface area contributed by atoms with Crippen molar-refractivity contribution < 1.29 is 19.2 Å². The summed E-state index contributed by atoms with van der Waals surface area (Å²) in [7, 11) is 0. The van der Waals surface area contributed by atoms with Crippen molar-refractivity contribution in [2.45, 2.75) is 79.3 Å². The fourth-order valence-electron chi connectivity index (χ4n) is 6.32. The molecule has 2 unspecified atom stereocenters. The molecule has 3 rings (SSSR count). The van der Waals surface area contributed by atoms with Crippen LogP contribution in [0.1, 0.15) is 67.2 Å². The molecule has 2 aliphatic carbocycles. The lowest BCUT2D eigenvalue weighted by molar-refractivity contribution is -0.143. The molecule has 0 bridgehead atoms. The quantitative estimate of drug-likeness (QED) is 0.657. The summed E-state index contributed by atoms with van der Waals surface area (Å²) in [6.45, 7) is 12.1. The number of hydrogen-bond donors (Lipinski definition) is 2. The van der Waals surface area contributed by atoms with Crippen LogP contribution in [0.3, 0.4) is 0 Å². The van der Waals surface area contributed by atoms with Gasteiger partial charge in [0.05, 0.1) is 6.54 Å². The van der Waals surface area contributed by atoms with Crippen LogP contribution in [0, 0.1) is 21.7 Å². The van der Waals surface area contributed by atoms with Gasteiger partial charge >= 0.3 is 0 Å². The average Bonchev–Trinajstić information content (AvgIpc) is 2.84. The molecule has 2 spiro atoms. The van der Waals surface area contributed by atoms with E-state index in [1.165, 1.54) is 13.3 Å². The first kappa shape index (κ1) is 21.8. The van der Waals surface area contributed by atoms with Gasteiger partial charge in [-0.15, -0.1) is 0 Å². The molecule has 1 aliphatic heterocycles. The maximum Gasteiger partial charge on any atom is 0.246 e. The number of ketones is 1. The SMILES string of the molecule is CC(=O)CNC(=O)C1CC2(CN1C(=O)[C@@H](NC=O)C(C)(C)C)C(C)(C)C21CCC1. The zero-order valence-corrected chi connectivity index (χ0v) is 18.6. The Morgan fingerprint density at radius 2 is 1.79 bits per heavy atom. The first-order valence-electron chi connectivity index (χ1n) is 10.6. The van der Waals surface area contributed by atoms with E-state index in [9.17, 15) is 19.2 Å². The van der Waals surface area contributed by atoms with Gasteiger partial charge in [-0.25, -0.2) is 0 Å². The minimum atomic E-state index is -0.711. The maximum atomic E-state index is 13.5. The molecular weight excluding hydrogens is 370 g/mol. The normalized spacial score (nSPS) is 29.9. The van der Waals surface area contributed by atoms with E-state index in [0.29, 0.717) is 19.4 Å². The van der Waals surface area contributed by atoms with Crippen LogP contribution in [0.4, 0.5) is 0 Å². The van der Waals surface area contributed by atoms with Gasteiger partial charge in [0.2, 0.25) is 18.2 Å². The van der Waals surface area contributed by atoms with E-state index in [-0.39, 0.29) is 40.4 Å². The van der Waals surface area contributed by atoms with Gasteiger partial charge in [0.15, 0.2) is 0 Å². The lowest BCUT2D eigenvalue weighted by Gasteiger charge is -2.35. The van der Waals surface area contributed by atoms with Crippen LogP contribution in [0.5, 0.6) is 0 Å². The Morgan fingerprint density at radius 3 is 2.21 bits per heavy atom. The largest absolute Gasteiger partial charge is 0.347 e. The molecule has 2 saturated carbocycles. The lowest BCUT2D eigenvalue weighted by Crippen LogP contribution is -2.56. The van der Waals surface area contributed by atoms with Crippen molar-refractivity contribution in [3.05, 3.63) is 0 Å². The molecule has 7 nitrogen and oxygen atoms in total. The Balaban J connectivity index is 1.91. The van der Waals surface area contributed by atoms with E-state index in [1.54, 1.807) is 4.90 Å². The molecule has 0 radical (unpaired) electrons. The van der Waals surface area contributed by atoms with Crippen LogP contribution < -0.4 is 10.6 Å². The van der Waals surface area contributed by atoms with Gasteiger partial charge in [-0.1, -0.05) is 41.0 Å². The lowest BCUT2D eigenvalue weighted by atomic mass is 9.73. The van der Waals surface area contributed by atoms with Gasteiger partial charge in [0.25, 0.3) is 0 Å². The topological polar surface area (TPSA) is 95.6 Å². The third kappa shape index (κ3) is 2.99. The molecule has 0 aromatic rings. The Hall–Kier alpha value is -1.92. The number of Topliss-reactive ketones (excluding diaryl/α,β-unsaturated/α-hetero) is 1. The van der Waals surface area contributed by atoms with Crippen LogP contribution in [-0.4, -0.2) is 54.1 Å². The van der Waals surface area contributed by atoms with E-state index >= 15 is 0 Å². The molecule has 1 saturated heterocycles. The summed E-state index contributed by atoms with van der Waals surface area (Å²) in [5.41, 5.74) is -0.289. The second-order valence-electron chi connectivity index (χ2n) is 10.8. The molecule has 2 N–H and O–H groups in total. The molecule has 29 heavy (non-hydrogen) atoms. The van der Waals surface area contributed by atoms with Gasteiger partial charge in [-0.2, -0.15) is 0 Å². The first-order valence-corrected chi connectivity index (χ1v) is 10.6. The highest BCUT2D eigenvalue weighted by Crippen LogP contribution is 2.88. The second-order valence-corrected chi connectivity index (χ2v) is 10.8. The second kappa shape index (κ2) is 6.81. The van der Waals surface area contributed by atoms with Crippen molar-refractivity contribution in [3.8, 4) is 0 Å². The molecule has 3 amide bonds. The van der Waals surface area contributed by atoms with Crippen LogP contribution in [0.2, 0.25) is 0 Å². The summed E-state index contributed by atoms with van der Waals surface area (Å²) in [5.74, 6) is -0.621. The van der Waals surface area contributed by atoms with Gasteiger partial charge in [0, 0.05) is 12.0 Å². The number of hydrogen-bond acceptors (Lipinski definition) is 4. The summed E-state index contributed by atoms with van der Waals surface area (Å²) >= 11 is 0. The van der Waals surface area contributed by atoms with E-state index in [4.69, 9.17) is 0 Å². The highest BCUT2D eigenvalue weighted by atomic mass is 16.2. The third-order valence-corrected chi connectivity index (χ3v) is 8.26. The van der Waals surface area contributed by atoms with Crippen molar-refractivity contribution in [1.82, 2.24) is 15.5 Å². The first-order chi connectivity index (χ1) is 13.3. The molecule has 162 valence electrons. The van der Waals surface area contributed by atoms with Crippen LogP contribution in [0.25, 0.3) is 0 Å². The molecule has 0 aromatic carbocycles. The predicted octanol–water partition coefficient (Wildman–Crippen LogP) is 1.65. The number of nitrogens with zero attached hydrogens (tertiary/aromatic N) is 1. The van der Waals surface area contributed by atoms with Gasteiger partial charge in [-0.3, -0.25) is 19.2 Å². The number of nitrogens with one attached hydrogen (secondary N) is 2. The minimum Gasteiger partial charge on any atom is -0.347 e. The summed E-state index contributed by atoms with van der Waals surface area (Å²) in [6, 6.07) is -1.32. The van der Waals surface area contributed by atoms with Gasteiger partial charge in [0.1, 0.15) is 17.9 Å². The standard InChI is InChI=1S/C22H35N3O4/c1-14(27)11-23-17(28)15-10-22(20(5,6)21(22)8-7-9-21)12-25(15)18(29)16(24-13-26)19(2,3)4/h13,15-16H,7-12H2,1-6H3,(H,23,28)(H,24,26)/t15?,16-,22?/m1/s1. The van der Waals surface area contributed by atoms with Crippen molar-refractivity contribution in [2.75, 3.05) is 13.1 Å². The zero-order valence-electron chi connectivity index (χ0n) is 18.6. The highest BCUT2D eigenvalue weighted by molar-refractivity contribution is 5.93. The fraction of sp³-hybridized carbons (Fsp3) is 0.818. The van der Waals surface area contributed by atoms with E-state index in [2.05, 4.69) is 24.5 Å². The Morgan fingerprint density at radius 1 is 1.17 bits per heavy atom. The highest BCUT2D eigenvalue weighted by Gasteiger charge is 2.85. The Bertz CT molecular complexity index is 735. The summed E-state index contributed by atoms with van der Waals surface area (Å²) < 4.78 is 0. The van der Waals surface area contributed by atoms with E-state index < -0.39 is 17.5 Å². The summed E-state index contributed by atoms with van der Waals surface area (Å²) in [6.07, 6.45) is 4.64. The van der Waals surface area contributed by atoms with Crippen molar-refractivity contribution in [1.29, 1.82) is 0 Å².